The maximum Gasteiger partial charge on any atom is 0.420 e. The van der Waals surface area contributed by atoms with E-state index in [9.17, 15) is 18.0 Å². The van der Waals surface area contributed by atoms with Gasteiger partial charge in [0.1, 0.15) is 16.3 Å². The van der Waals surface area contributed by atoms with Crippen molar-refractivity contribution in [2.45, 2.75) is 57.5 Å². The number of aromatic nitrogens is 2. The first-order chi connectivity index (χ1) is 14.4. The van der Waals surface area contributed by atoms with E-state index in [1.54, 1.807) is 25.7 Å². The quantitative estimate of drug-likeness (QED) is 0.600. The molecule has 0 radical (unpaired) electrons. The molecule has 2 aromatic rings. The number of hydrogen-bond acceptors (Lipinski definition) is 5. The van der Waals surface area contributed by atoms with Crippen LogP contribution in [0.1, 0.15) is 50.8 Å². The van der Waals surface area contributed by atoms with Crippen molar-refractivity contribution in [3.8, 4) is 0 Å². The Labute approximate surface area is 183 Å². The maximum absolute atomic E-state index is 12.9. The lowest BCUT2D eigenvalue weighted by molar-refractivity contribution is -0.137. The molecule has 168 valence electrons. The average Bonchev–Trinajstić information content (AvgIpc) is 2.66. The molecular weight excluding hydrogens is 433 g/mol. The summed E-state index contributed by atoms with van der Waals surface area (Å²) in [5.74, 6) is -0.0229. The summed E-state index contributed by atoms with van der Waals surface area (Å²) < 4.78 is 44.2. The number of hydrogen-bond donors (Lipinski definition) is 1. The number of halogens is 4. The van der Waals surface area contributed by atoms with Gasteiger partial charge in [-0.1, -0.05) is 41.9 Å². The Morgan fingerprint density at radius 3 is 2.45 bits per heavy atom. The van der Waals surface area contributed by atoms with Crippen LogP contribution in [0.5, 0.6) is 0 Å². The summed E-state index contributed by atoms with van der Waals surface area (Å²) in [5.41, 5.74) is -0.772. The number of anilines is 1. The Bertz CT molecular complexity index is 919. The predicted octanol–water partition coefficient (Wildman–Crippen LogP) is 5.70. The molecule has 0 saturated carbocycles. The highest BCUT2D eigenvalue weighted by Gasteiger charge is 2.37. The zero-order chi connectivity index (χ0) is 22.8. The second kappa shape index (κ2) is 8.90. The summed E-state index contributed by atoms with van der Waals surface area (Å²) in [6.07, 6.45) is -3.15. The molecule has 1 fully saturated rings. The van der Waals surface area contributed by atoms with E-state index in [0.29, 0.717) is 19.0 Å². The fourth-order valence-electron chi connectivity index (χ4n) is 3.44. The molecule has 1 saturated heterocycles. The van der Waals surface area contributed by atoms with E-state index in [0.717, 1.165) is 5.56 Å². The van der Waals surface area contributed by atoms with Gasteiger partial charge in [-0.3, -0.25) is 4.90 Å². The van der Waals surface area contributed by atoms with Crippen molar-refractivity contribution in [2.24, 2.45) is 0 Å². The fourth-order valence-corrected chi connectivity index (χ4v) is 3.67. The lowest BCUT2D eigenvalue weighted by Crippen LogP contribution is -2.48. The molecule has 6 nitrogen and oxygen atoms in total. The summed E-state index contributed by atoms with van der Waals surface area (Å²) >= 11 is 5.69. The van der Waals surface area contributed by atoms with Gasteiger partial charge in [0.2, 0.25) is 5.95 Å². The molecule has 10 heteroatoms. The van der Waals surface area contributed by atoms with Crippen LogP contribution < -0.4 is 5.32 Å². The summed E-state index contributed by atoms with van der Waals surface area (Å²) in [5, 5.41) is 2.32. The number of amides is 1. The van der Waals surface area contributed by atoms with Gasteiger partial charge in [-0.05, 0) is 39.2 Å². The van der Waals surface area contributed by atoms with Crippen molar-refractivity contribution in [1.29, 1.82) is 0 Å². The van der Waals surface area contributed by atoms with Gasteiger partial charge >= 0.3 is 12.3 Å². The van der Waals surface area contributed by atoms with Crippen LogP contribution in [0.25, 0.3) is 0 Å². The second-order valence-electron chi connectivity index (χ2n) is 8.37. The van der Waals surface area contributed by atoms with Crippen molar-refractivity contribution < 1.29 is 22.7 Å². The zero-order valence-electron chi connectivity index (χ0n) is 17.4. The Hall–Kier alpha value is -2.55. The monoisotopic (exact) mass is 456 g/mol. The van der Waals surface area contributed by atoms with Crippen LogP contribution >= 0.6 is 11.6 Å². The first kappa shape index (κ1) is 23.1. The van der Waals surface area contributed by atoms with Gasteiger partial charge in [0, 0.05) is 18.8 Å². The van der Waals surface area contributed by atoms with E-state index >= 15 is 0 Å². The molecule has 1 aromatic carbocycles. The lowest BCUT2D eigenvalue weighted by atomic mass is 9.93. The summed E-state index contributed by atoms with van der Waals surface area (Å²) in [4.78, 5) is 22.0. The Morgan fingerprint density at radius 1 is 1.19 bits per heavy atom. The topological polar surface area (TPSA) is 67.3 Å². The minimum atomic E-state index is -4.63. The van der Waals surface area contributed by atoms with Gasteiger partial charge in [-0.15, -0.1) is 0 Å². The van der Waals surface area contributed by atoms with Gasteiger partial charge in [0.05, 0.1) is 6.04 Å². The van der Waals surface area contributed by atoms with E-state index in [2.05, 4.69) is 15.3 Å². The number of ether oxygens (including phenoxy) is 1. The third-order valence-corrected chi connectivity index (χ3v) is 5.06. The fraction of sp³-hybridized carbons (Fsp3) is 0.476. The number of likely N-dealkylation sites (tertiary alicyclic amines) is 1. The normalized spacial score (nSPS) is 19.8. The SMILES string of the molecule is CC(C)(C)OC(=O)N1C[C@@H](Nc2ncc(C(F)(F)F)c(Cl)n2)CCC1c1ccccc1. The predicted molar refractivity (Wildman–Crippen MR) is 111 cm³/mol. The van der Waals surface area contributed by atoms with Crippen molar-refractivity contribution >= 4 is 23.6 Å². The Kier molecular flexibility index (Phi) is 6.64. The van der Waals surface area contributed by atoms with E-state index < -0.39 is 28.6 Å². The standard InChI is InChI=1S/C21H24ClF3N4O2/c1-20(2,3)31-19(30)29-12-14(9-10-16(29)13-7-5-4-6-8-13)27-18-26-11-15(17(22)28-18)21(23,24)25/h4-8,11,14,16H,9-10,12H2,1-3H3,(H,26,27,28)/t14-,16?/m0/s1. The third kappa shape index (κ3) is 6.00. The Morgan fingerprint density at radius 2 is 1.87 bits per heavy atom. The van der Waals surface area contributed by atoms with Crippen molar-refractivity contribution in [3.05, 3.63) is 52.8 Å². The average molecular weight is 457 g/mol. The van der Waals surface area contributed by atoms with Gasteiger partial charge in [-0.2, -0.15) is 13.2 Å². The number of carbonyl (C=O) groups excluding carboxylic acids is 1. The van der Waals surface area contributed by atoms with Crippen LogP contribution in [0.3, 0.4) is 0 Å². The van der Waals surface area contributed by atoms with Gasteiger partial charge < -0.3 is 10.1 Å². The van der Waals surface area contributed by atoms with Crippen molar-refractivity contribution in [1.82, 2.24) is 14.9 Å². The maximum atomic E-state index is 12.9. The molecule has 1 N–H and O–H groups in total. The van der Waals surface area contributed by atoms with Crippen LogP contribution in [0.4, 0.5) is 23.9 Å². The number of piperidine rings is 1. The molecule has 1 aromatic heterocycles. The number of benzene rings is 1. The molecule has 2 atom stereocenters. The van der Waals surface area contributed by atoms with E-state index in [4.69, 9.17) is 16.3 Å². The molecular formula is C21H24ClF3N4O2. The molecule has 0 bridgehead atoms. The van der Waals surface area contributed by atoms with Crippen LogP contribution in [0.2, 0.25) is 5.15 Å². The number of nitrogens with one attached hydrogen (secondary N) is 1. The molecule has 2 heterocycles. The largest absolute Gasteiger partial charge is 0.444 e. The molecule has 1 aliphatic rings. The molecule has 31 heavy (non-hydrogen) atoms. The Balaban J connectivity index is 1.78. The highest BCUT2D eigenvalue weighted by Crippen LogP contribution is 2.35. The summed E-state index contributed by atoms with van der Waals surface area (Å²) in [6, 6.07) is 9.17. The lowest BCUT2D eigenvalue weighted by Gasteiger charge is -2.40. The van der Waals surface area contributed by atoms with Crippen molar-refractivity contribution in [2.75, 3.05) is 11.9 Å². The van der Waals surface area contributed by atoms with Gasteiger partial charge in [0.25, 0.3) is 0 Å². The molecule has 1 unspecified atom stereocenters. The van der Waals surface area contributed by atoms with Crippen molar-refractivity contribution in [3.63, 3.8) is 0 Å². The van der Waals surface area contributed by atoms with Crippen LogP contribution in [-0.2, 0) is 10.9 Å². The first-order valence-electron chi connectivity index (χ1n) is 9.85. The molecule has 3 rings (SSSR count). The summed E-state index contributed by atoms with van der Waals surface area (Å²) in [7, 11) is 0. The highest BCUT2D eigenvalue weighted by atomic mass is 35.5. The van der Waals surface area contributed by atoms with Gasteiger partial charge in [-0.25, -0.2) is 14.8 Å². The number of carbonyl (C=O) groups is 1. The minimum absolute atomic E-state index is 0.0229. The van der Waals surface area contributed by atoms with Gasteiger partial charge in [0.15, 0.2) is 0 Å². The molecule has 0 spiro atoms. The van der Waals surface area contributed by atoms with E-state index in [1.807, 2.05) is 30.3 Å². The smallest absolute Gasteiger partial charge is 0.420 e. The zero-order valence-corrected chi connectivity index (χ0v) is 18.2. The first-order valence-corrected chi connectivity index (χ1v) is 10.2. The second-order valence-corrected chi connectivity index (χ2v) is 8.73. The third-order valence-electron chi connectivity index (χ3n) is 4.78. The number of rotatable bonds is 3. The number of nitrogens with zero attached hydrogens (tertiary/aromatic N) is 3. The van der Waals surface area contributed by atoms with Crippen LogP contribution in [-0.4, -0.2) is 39.1 Å². The van der Waals surface area contributed by atoms with E-state index in [-0.39, 0.29) is 24.6 Å². The molecule has 1 amide bonds. The van der Waals surface area contributed by atoms with Crippen LogP contribution in [0, 0.1) is 0 Å². The highest BCUT2D eigenvalue weighted by molar-refractivity contribution is 6.30. The number of alkyl halides is 3. The molecule has 0 aliphatic carbocycles. The minimum Gasteiger partial charge on any atom is -0.444 e. The van der Waals surface area contributed by atoms with Crippen LogP contribution in [0.15, 0.2) is 36.5 Å². The molecule has 1 aliphatic heterocycles. The summed E-state index contributed by atoms with van der Waals surface area (Å²) in [6.45, 7) is 5.65. The van der Waals surface area contributed by atoms with E-state index in [1.165, 1.54) is 0 Å².